The number of hydrogen-bond donors (Lipinski definition) is 15. The van der Waals surface area contributed by atoms with E-state index in [1.807, 2.05) is 0 Å². The second-order valence-electron chi connectivity index (χ2n) is 14.0. The molecule has 21 atom stereocenters. The Morgan fingerprint density at radius 3 is 1.86 bits per heavy atom. The van der Waals surface area contributed by atoms with Gasteiger partial charge < -0.3 is 110 Å². The third-order valence-electron chi connectivity index (χ3n) is 9.94. The highest BCUT2D eigenvalue weighted by Gasteiger charge is 2.60. The van der Waals surface area contributed by atoms with Crippen molar-refractivity contribution in [1.82, 2.24) is 10.6 Å². The monoisotopic (exact) mass is 820 g/mol. The largest absolute Gasteiger partial charge is 0.477 e. The van der Waals surface area contributed by atoms with Crippen LogP contribution in [0.15, 0.2) is 0 Å². The van der Waals surface area contributed by atoms with Gasteiger partial charge in [0.1, 0.15) is 85.4 Å². The number of carboxylic acids is 1. The predicted octanol–water partition coefficient (Wildman–Crippen LogP) is -9.23. The summed E-state index contributed by atoms with van der Waals surface area (Å²) in [6.45, 7) is 0.283. The maximum atomic E-state index is 12.9. The number of aliphatic carboxylic acids is 1. The standard InChI is InChI=1S/C31H52N2O23/c1-8-17(41)20(44)21(45)28(50-8)54-25-16(33-10(3)38)27(47)51-14(7-36)23(25)53-29-22(46)26(19(43)13(6-35)52-29)56-31(30(48)49)4-11(39)15(32-9(2)37)24(55-31)18(42)12(40)5-34/h8,11-29,34-36,39-47H,4-7H2,1-3H3,(H,32,37)(H,33,38)(H,48,49)/t8?,11?,12-,13?,14?,15?,16?,17?,18-,19?,20?,21?,22?,23?,24?,25?,26?,27+,28?,29?,31?/m1/s1. The highest BCUT2D eigenvalue weighted by atomic mass is 16.8. The van der Waals surface area contributed by atoms with E-state index in [1.165, 1.54) is 6.92 Å². The van der Waals surface area contributed by atoms with Crippen LogP contribution in [0.3, 0.4) is 0 Å². The summed E-state index contributed by atoms with van der Waals surface area (Å²) in [7, 11) is 0. The van der Waals surface area contributed by atoms with Crippen LogP contribution in [0.4, 0.5) is 0 Å². The van der Waals surface area contributed by atoms with E-state index in [1.54, 1.807) is 0 Å². The number of carboxylic acid groups (broad SMARTS) is 1. The SMILES string of the molecule is CC(=O)NC1C(O)CC(OC2C(O)C(CO)OC(OC3C(CO)O[C@H](O)C(NC(C)=O)C3OC3OC(C)C(O)C(O)C3O)C2O)(C(=O)O)OC1[C@H](O)[C@H](O)CO. The first-order chi connectivity index (χ1) is 26.2. The van der Waals surface area contributed by atoms with Gasteiger partial charge in [0, 0.05) is 20.3 Å². The lowest BCUT2D eigenvalue weighted by Crippen LogP contribution is -2.71. The van der Waals surface area contributed by atoms with E-state index in [2.05, 4.69) is 10.6 Å². The van der Waals surface area contributed by atoms with Gasteiger partial charge in [-0.25, -0.2) is 4.79 Å². The minimum absolute atomic E-state index is 0.767. The van der Waals surface area contributed by atoms with Crippen LogP contribution >= 0.6 is 0 Å². The zero-order chi connectivity index (χ0) is 42.0. The van der Waals surface area contributed by atoms with Crippen molar-refractivity contribution in [3.8, 4) is 0 Å². The van der Waals surface area contributed by atoms with E-state index < -0.39 is 172 Å². The Morgan fingerprint density at radius 2 is 1.30 bits per heavy atom. The maximum Gasteiger partial charge on any atom is 0.364 e. The van der Waals surface area contributed by atoms with Crippen LogP contribution in [-0.4, -0.2) is 232 Å². The second kappa shape index (κ2) is 19.1. The summed E-state index contributed by atoms with van der Waals surface area (Å²) in [4.78, 5) is 37.0. The van der Waals surface area contributed by atoms with Crippen molar-refractivity contribution in [2.24, 2.45) is 0 Å². The summed E-state index contributed by atoms with van der Waals surface area (Å²) in [5.74, 6) is -6.69. The fourth-order valence-corrected chi connectivity index (χ4v) is 6.99. The summed E-state index contributed by atoms with van der Waals surface area (Å²) in [6, 6.07) is -3.22. The first kappa shape index (κ1) is 46.3. The number of aliphatic hydroxyl groups excluding tert-OH is 12. The van der Waals surface area contributed by atoms with Gasteiger partial charge in [0.15, 0.2) is 18.9 Å². The van der Waals surface area contributed by atoms with Crippen LogP contribution in [0, 0.1) is 0 Å². The van der Waals surface area contributed by atoms with Crippen molar-refractivity contribution < 1.29 is 114 Å². The molecular formula is C31H52N2O23. The van der Waals surface area contributed by atoms with Crippen LogP contribution in [-0.2, 0) is 47.5 Å². The van der Waals surface area contributed by atoms with Crippen LogP contribution in [0.5, 0.6) is 0 Å². The summed E-state index contributed by atoms with van der Waals surface area (Å²) in [5, 5.41) is 142. The molecule has 4 fully saturated rings. The van der Waals surface area contributed by atoms with Crippen molar-refractivity contribution in [3.63, 3.8) is 0 Å². The summed E-state index contributed by atoms with van der Waals surface area (Å²) in [6.07, 6.45) is -35.1. The molecule has 15 N–H and O–H groups in total. The first-order valence-electron chi connectivity index (χ1n) is 17.6. The molecule has 4 saturated heterocycles. The Morgan fingerprint density at radius 1 is 0.732 bits per heavy atom. The van der Waals surface area contributed by atoms with Gasteiger partial charge in [0.05, 0.1) is 38.1 Å². The smallest absolute Gasteiger partial charge is 0.364 e. The molecule has 4 aliphatic heterocycles. The predicted molar refractivity (Wildman–Crippen MR) is 173 cm³/mol. The Balaban J connectivity index is 1.71. The summed E-state index contributed by atoms with van der Waals surface area (Å²) < 4.78 is 39.7. The normalized spacial score (nSPS) is 45.7. The van der Waals surface area contributed by atoms with Crippen molar-refractivity contribution in [1.29, 1.82) is 0 Å². The van der Waals surface area contributed by atoms with E-state index in [0.29, 0.717) is 0 Å². The molecule has 0 aromatic carbocycles. The molecule has 2 amide bonds. The Bertz CT molecular complexity index is 1330. The molecule has 0 aromatic rings. The number of amides is 2. The molecule has 0 spiro atoms. The summed E-state index contributed by atoms with van der Waals surface area (Å²) >= 11 is 0. The van der Waals surface area contributed by atoms with Crippen LogP contribution in [0.2, 0.25) is 0 Å². The number of aliphatic hydroxyl groups is 12. The third-order valence-corrected chi connectivity index (χ3v) is 9.94. The minimum atomic E-state index is -3.12. The van der Waals surface area contributed by atoms with Gasteiger partial charge in [-0.3, -0.25) is 9.59 Å². The van der Waals surface area contributed by atoms with E-state index >= 15 is 0 Å². The fourth-order valence-electron chi connectivity index (χ4n) is 6.99. The van der Waals surface area contributed by atoms with E-state index in [9.17, 15) is 80.8 Å². The maximum absolute atomic E-state index is 12.9. The number of nitrogens with one attached hydrogen (secondary N) is 2. The molecule has 0 bridgehead atoms. The van der Waals surface area contributed by atoms with Gasteiger partial charge in [0.25, 0.3) is 5.79 Å². The molecule has 0 radical (unpaired) electrons. The van der Waals surface area contributed by atoms with Gasteiger partial charge in [-0.2, -0.15) is 0 Å². The van der Waals surface area contributed by atoms with Crippen molar-refractivity contribution in [2.45, 2.75) is 155 Å². The molecule has 0 aliphatic carbocycles. The van der Waals surface area contributed by atoms with Crippen molar-refractivity contribution in [2.75, 3.05) is 19.8 Å². The first-order valence-corrected chi connectivity index (χ1v) is 17.6. The van der Waals surface area contributed by atoms with E-state index in [4.69, 9.17) is 33.2 Å². The lowest BCUT2D eigenvalue weighted by Gasteiger charge is -2.51. The molecule has 324 valence electrons. The van der Waals surface area contributed by atoms with Gasteiger partial charge in [-0.1, -0.05) is 0 Å². The highest BCUT2D eigenvalue weighted by Crippen LogP contribution is 2.39. The molecule has 25 heteroatoms. The van der Waals surface area contributed by atoms with Crippen LogP contribution < -0.4 is 10.6 Å². The molecule has 0 saturated carbocycles. The van der Waals surface area contributed by atoms with Crippen molar-refractivity contribution >= 4 is 17.8 Å². The third kappa shape index (κ3) is 9.74. The number of hydrogen-bond acceptors (Lipinski definition) is 22. The number of ether oxygens (including phenoxy) is 7. The van der Waals surface area contributed by atoms with Crippen molar-refractivity contribution in [3.05, 3.63) is 0 Å². The quantitative estimate of drug-likeness (QED) is 0.0773. The zero-order valence-corrected chi connectivity index (χ0v) is 30.3. The minimum Gasteiger partial charge on any atom is -0.477 e. The number of carbonyl (C=O) groups excluding carboxylic acids is 2. The Hall–Kier alpha value is -2.35. The lowest BCUT2D eigenvalue weighted by atomic mass is 9.88. The zero-order valence-electron chi connectivity index (χ0n) is 30.3. The van der Waals surface area contributed by atoms with E-state index in [-0.39, 0.29) is 0 Å². The van der Waals surface area contributed by atoms with Gasteiger partial charge >= 0.3 is 5.97 Å². The van der Waals surface area contributed by atoms with Crippen LogP contribution in [0.25, 0.3) is 0 Å². The lowest BCUT2D eigenvalue weighted by molar-refractivity contribution is -0.390. The van der Waals surface area contributed by atoms with E-state index in [0.717, 1.165) is 13.8 Å². The fraction of sp³-hybridized carbons (Fsp3) is 0.903. The Labute approximate surface area is 317 Å². The molecule has 56 heavy (non-hydrogen) atoms. The highest BCUT2D eigenvalue weighted by molar-refractivity contribution is 5.76. The van der Waals surface area contributed by atoms with Gasteiger partial charge in [0.2, 0.25) is 11.8 Å². The molecule has 18 unspecified atom stereocenters. The summed E-state index contributed by atoms with van der Waals surface area (Å²) in [5.41, 5.74) is 0. The molecule has 0 aromatic heterocycles. The number of rotatable bonds is 14. The number of carbonyl (C=O) groups is 3. The van der Waals surface area contributed by atoms with Gasteiger partial charge in [-0.15, -0.1) is 0 Å². The average Bonchev–Trinajstić information content (AvgIpc) is 3.14. The molecule has 4 aliphatic rings. The average molecular weight is 821 g/mol. The van der Waals surface area contributed by atoms with Crippen LogP contribution in [0.1, 0.15) is 27.2 Å². The topological polar surface area (TPSA) is 403 Å². The molecule has 25 nitrogen and oxygen atoms in total. The molecule has 4 rings (SSSR count). The van der Waals surface area contributed by atoms with Gasteiger partial charge in [-0.05, 0) is 6.92 Å². The Kier molecular flexibility index (Phi) is 15.8. The molecule has 4 heterocycles. The molecular weight excluding hydrogens is 768 g/mol. The second-order valence-corrected chi connectivity index (χ2v) is 14.0.